The van der Waals surface area contributed by atoms with Gasteiger partial charge in [0.2, 0.25) is 0 Å². The third-order valence-corrected chi connectivity index (χ3v) is 4.58. The van der Waals surface area contributed by atoms with Gasteiger partial charge in [0.25, 0.3) is 0 Å². The van der Waals surface area contributed by atoms with Gasteiger partial charge in [-0.25, -0.2) is 0 Å². The Bertz CT molecular complexity index is 565. The first kappa shape index (κ1) is 14.9. The minimum absolute atomic E-state index is 0.283. The van der Waals surface area contributed by atoms with E-state index in [0.717, 1.165) is 11.1 Å². The van der Waals surface area contributed by atoms with Gasteiger partial charge in [-0.05, 0) is 24.1 Å². The van der Waals surface area contributed by atoms with Crippen LogP contribution in [0.5, 0.6) is 0 Å². The first-order chi connectivity index (χ1) is 10.0. The zero-order valence-corrected chi connectivity index (χ0v) is 12.5. The van der Waals surface area contributed by atoms with E-state index in [1.165, 1.54) is 5.56 Å². The van der Waals surface area contributed by atoms with Crippen LogP contribution in [0.3, 0.4) is 0 Å². The van der Waals surface area contributed by atoms with Gasteiger partial charge in [-0.3, -0.25) is 0 Å². The second-order valence-electron chi connectivity index (χ2n) is 5.50. The average molecular weight is 309 g/mol. The molecule has 3 rings (SSSR count). The number of aryl methyl sites for hydroxylation is 1. The lowest BCUT2D eigenvalue weighted by Gasteiger charge is -2.37. The van der Waals surface area contributed by atoms with Crippen LogP contribution in [0.1, 0.15) is 22.1 Å². The van der Waals surface area contributed by atoms with Crippen LogP contribution in [0.2, 0.25) is 0 Å². The molecular formula is C15H19NO4S. The van der Waals surface area contributed by atoms with E-state index in [1.807, 2.05) is 25.1 Å². The summed E-state index contributed by atoms with van der Waals surface area (Å²) in [6, 6.07) is 6.08. The molecule has 0 bridgehead atoms. The molecule has 114 valence electrons. The third kappa shape index (κ3) is 2.47. The molecule has 2 aliphatic heterocycles. The molecule has 5 atom stereocenters. The summed E-state index contributed by atoms with van der Waals surface area (Å²) in [5.41, 5.74) is 3.27. The molecular weight excluding hydrogens is 290 g/mol. The monoisotopic (exact) mass is 309 g/mol. The summed E-state index contributed by atoms with van der Waals surface area (Å²) < 4.78 is 5.56. The third-order valence-electron chi connectivity index (χ3n) is 4.04. The molecule has 0 aromatic heterocycles. The molecule has 3 N–H and O–H groups in total. The van der Waals surface area contributed by atoms with Crippen LogP contribution < -0.4 is 0 Å². The predicted octanol–water partition coefficient (Wildman–Crippen LogP) is 0.649. The Morgan fingerprint density at radius 3 is 2.71 bits per heavy atom. The van der Waals surface area contributed by atoms with E-state index in [9.17, 15) is 15.3 Å². The van der Waals surface area contributed by atoms with Gasteiger partial charge in [0.05, 0.1) is 6.61 Å². The molecule has 2 heterocycles. The van der Waals surface area contributed by atoms with Crippen LogP contribution in [0.25, 0.3) is 6.08 Å². The van der Waals surface area contributed by atoms with E-state index in [0.29, 0.717) is 0 Å². The van der Waals surface area contributed by atoms with Gasteiger partial charge in [0.15, 0.2) is 6.23 Å². The standard InChI is InChI=1S/C15H19NO4S/c1-8-2-3-10-9(6-8)4-5-16(15(10)21)14-13(19)12(18)11(7-17)20-14/h2-6,11-15,17-19,21H,7H2,1H3/t11-,12?,13?,14-,15?/m1/s1. The van der Waals surface area contributed by atoms with Crippen LogP contribution in [-0.4, -0.2) is 51.4 Å². The van der Waals surface area contributed by atoms with Crippen molar-refractivity contribution in [2.24, 2.45) is 0 Å². The minimum atomic E-state index is -1.10. The Labute approximate surface area is 128 Å². The van der Waals surface area contributed by atoms with Crippen molar-refractivity contribution in [3.63, 3.8) is 0 Å². The summed E-state index contributed by atoms with van der Waals surface area (Å²) in [5, 5.41) is 28.9. The number of ether oxygens (including phenoxy) is 1. The smallest absolute Gasteiger partial charge is 0.160 e. The van der Waals surface area contributed by atoms with Crippen LogP contribution in [0.4, 0.5) is 0 Å². The second kappa shape index (κ2) is 5.62. The summed E-state index contributed by atoms with van der Waals surface area (Å²) in [7, 11) is 0. The van der Waals surface area contributed by atoms with Gasteiger partial charge in [-0.2, -0.15) is 0 Å². The highest BCUT2D eigenvalue weighted by Crippen LogP contribution is 2.38. The number of rotatable bonds is 2. The number of hydrogen-bond donors (Lipinski definition) is 4. The molecule has 2 aliphatic rings. The maximum atomic E-state index is 10.1. The lowest BCUT2D eigenvalue weighted by atomic mass is 10.0. The quantitative estimate of drug-likeness (QED) is 0.604. The van der Waals surface area contributed by atoms with Crippen molar-refractivity contribution in [3.8, 4) is 0 Å². The largest absolute Gasteiger partial charge is 0.394 e. The highest BCUT2D eigenvalue weighted by atomic mass is 32.1. The fourth-order valence-corrected chi connectivity index (χ4v) is 3.28. The Morgan fingerprint density at radius 1 is 1.29 bits per heavy atom. The molecule has 21 heavy (non-hydrogen) atoms. The van der Waals surface area contributed by atoms with Gasteiger partial charge < -0.3 is 25.0 Å². The SMILES string of the molecule is Cc1ccc2c(c1)C=CN([C@@H]1O[C@H](CO)C(O)C1O)C2S. The maximum Gasteiger partial charge on any atom is 0.160 e. The number of hydrogen-bond acceptors (Lipinski definition) is 6. The Kier molecular flexibility index (Phi) is 3.98. The molecule has 0 spiro atoms. The number of aliphatic hydroxyl groups is 3. The number of aliphatic hydroxyl groups excluding tert-OH is 3. The zero-order valence-electron chi connectivity index (χ0n) is 11.6. The fraction of sp³-hybridized carbons (Fsp3) is 0.467. The summed E-state index contributed by atoms with van der Waals surface area (Å²) in [6.07, 6.45) is 0.0364. The van der Waals surface area contributed by atoms with Crippen molar-refractivity contribution in [2.45, 2.75) is 36.8 Å². The van der Waals surface area contributed by atoms with Crippen LogP contribution in [0.15, 0.2) is 24.4 Å². The summed E-state index contributed by atoms with van der Waals surface area (Å²) >= 11 is 4.61. The first-order valence-corrected chi connectivity index (χ1v) is 7.41. The molecule has 5 nitrogen and oxygen atoms in total. The molecule has 6 heteroatoms. The molecule has 1 fully saturated rings. The van der Waals surface area contributed by atoms with E-state index >= 15 is 0 Å². The van der Waals surface area contributed by atoms with Crippen molar-refractivity contribution in [1.82, 2.24) is 4.90 Å². The van der Waals surface area contributed by atoms with Gasteiger partial charge in [0, 0.05) is 6.20 Å². The number of fused-ring (bicyclic) bond motifs is 1. The molecule has 0 saturated carbocycles. The maximum absolute atomic E-state index is 10.1. The van der Waals surface area contributed by atoms with Crippen molar-refractivity contribution >= 4 is 18.7 Å². The van der Waals surface area contributed by atoms with Crippen molar-refractivity contribution in [3.05, 3.63) is 41.1 Å². The van der Waals surface area contributed by atoms with Crippen LogP contribution >= 0.6 is 12.6 Å². The highest BCUT2D eigenvalue weighted by molar-refractivity contribution is 7.80. The van der Waals surface area contributed by atoms with Crippen LogP contribution in [0, 0.1) is 6.92 Å². The summed E-state index contributed by atoms with van der Waals surface area (Å²) in [4.78, 5) is 1.75. The molecule has 3 unspecified atom stereocenters. The van der Waals surface area contributed by atoms with E-state index < -0.39 is 24.5 Å². The van der Waals surface area contributed by atoms with Gasteiger partial charge in [0.1, 0.15) is 23.7 Å². The normalized spacial score (nSPS) is 35.1. The Morgan fingerprint density at radius 2 is 2.05 bits per heavy atom. The van der Waals surface area contributed by atoms with Gasteiger partial charge in [-0.1, -0.05) is 23.8 Å². The minimum Gasteiger partial charge on any atom is -0.394 e. The van der Waals surface area contributed by atoms with Gasteiger partial charge >= 0.3 is 0 Å². The lowest BCUT2D eigenvalue weighted by molar-refractivity contribution is -0.0835. The molecule has 0 amide bonds. The van der Waals surface area contributed by atoms with E-state index in [1.54, 1.807) is 11.1 Å². The molecule has 1 aromatic carbocycles. The average Bonchev–Trinajstić information content (AvgIpc) is 2.75. The summed E-state index contributed by atoms with van der Waals surface area (Å²) in [5.74, 6) is 0. The zero-order chi connectivity index (χ0) is 15.1. The Hall–Kier alpha value is -1.05. The van der Waals surface area contributed by atoms with E-state index in [4.69, 9.17) is 4.74 Å². The number of thiol groups is 1. The van der Waals surface area contributed by atoms with Crippen molar-refractivity contribution in [1.29, 1.82) is 0 Å². The summed E-state index contributed by atoms with van der Waals surface area (Å²) in [6.45, 7) is 1.69. The predicted molar refractivity (Wildman–Crippen MR) is 81.5 cm³/mol. The van der Waals surface area contributed by atoms with E-state index in [-0.39, 0.29) is 12.0 Å². The lowest BCUT2D eigenvalue weighted by Crippen LogP contribution is -2.42. The molecule has 1 aromatic rings. The molecule has 1 saturated heterocycles. The topological polar surface area (TPSA) is 73.2 Å². The van der Waals surface area contributed by atoms with Crippen molar-refractivity contribution in [2.75, 3.05) is 6.61 Å². The Balaban J connectivity index is 1.87. The number of benzene rings is 1. The van der Waals surface area contributed by atoms with Gasteiger partial charge in [-0.15, -0.1) is 12.6 Å². The van der Waals surface area contributed by atoms with Crippen molar-refractivity contribution < 1.29 is 20.1 Å². The van der Waals surface area contributed by atoms with E-state index in [2.05, 4.69) is 18.7 Å². The molecule has 0 aliphatic carbocycles. The number of nitrogens with zero attached hydrogens (tertiary/aromatic N) is 1. The second-order valence-corrected chi connectivity index (χ2v) is 5.99. The highest BCUT2D eigenvalue weighted by Gasteiger charge is 2.46. The van der Waals surface area contributed by atoms with Crippen LogP contribution in [-0.2, 0) is 4.74 Å². The fourth-order valence-electron chi connectivity index (χ4n) is 2.83. The molecule has 0 radical (unpaired) electrons. The first-order valence-electron chi connectivity index (χ1n) is 6.89.